The summed E-state index contributed by atoms with van der Waals surface area (Å²) < 4.78 is 15.7. The second-order valence-corrected chi connectivity index (χ2v) is 4.35. The maximum absolute atomic E-state index is 14.0. The lowest BCUT2D eigenvalue weighted by atomic mass is 10.0. The minimum atomic E-state index is -1.35. The number of rotatable bonds is 3. The van der Waals surface area contributed by atoms with Crippen molar-refractivity contribution in [2.75, 3.05) is 0 Å². The summed E-state index contributed by atoms with van der Waals surface area (Å²) in [5.74, 6) is -0.0630. The van der Waals surface area contributed by atoms with E-state index >= 15 is 0 Å². The first kappa shape index (κ1) is 10.6. The first-order chi connectivity index (χ1) is 5.98. The average molecular weight is 202 g/mol. The molecule has 1 heterocycles. The van der Waals surface area contributed by atoms with Gasteiger partial charge in [0.05, 0.1) is 6.20 Å². The summed E-state index contributed by atoms with van der Waals surface area (Å²) in [7, 11) is 2.26. The monoisotopic (exact) mass is 202 g/mol. The number of hydrogen-bond acceptors (Lipinski definition) is 1. The fraction of sp³-hybridized carbons (Fsp3) is 0.667. The molecule has 0 N–H and O–H groups in total. The molecule has 2 atom stereocenters. The third-order valence-electron chi connectivity index (χ3n) is 2.24. The molecule has 0 aliphatic heterocycles. The highest BCUT2D eigenvalue weighted by Gasteiger charge is 2.31. The average Bonchev–Trinajstić information content (AvgIpc) is 2.51. The molecule has 4 heteroatoms. The molecule has 2 unspecified atom stereocenters. The SMILES string of the molecule is CCn1cc(C(F)(P)C(C)C)cn1. The van der Waals surface area contributed by atoms with Gasteiger partial charge >= 0.3 is 0 Å². The van der Waals surface area contributed by atoms with Crippen LogP contribution in [0.3, 0.4) is 0 Å². The van der Waals surface area contributed by atoms with Crippen LogP contribution in [0.2, 0.25) is 0 Å². The second kappa shape index (κ2) is 3.75. The summed E-state index contributed by atoms with van der Waals surface area (Å²) in [6.07, 6.45) is 3.35. The molecule has 0 radical (unpaired) electrons. The van der Waals surface area contributed by atoms with Crippen LogP contribution >= 0.6 is 9.24 Å². The van der Waals surface area contributed by atoms with Crippen LogP contribution in [0.4, 0.5) is 4.39 Å². The molecule has 1 aromatic rings. The molecule has 0 aliphatic carbocycles. The van der Waals surface area contributed by atoms with Crippen LogP contribution in [0.15, 0.2) is 12.4 Å². The highest BCUT2D eigenvalue weighted by Crippen LogP contribution is 2.40. The Bertz CT molecular complexity index is 281. The second-order valence-electron chi connectivity index (χ2n) is 3.51. The third-order valence-corrected chi connectivity index (χ3v) is 3.24. The number of aromatic nitrogens is 2. The van der Waals surface area contributed by atoms with Crippen molar-refractivity contribution in [1.29, 1.82) is 0 Å². The fourth-order valence-electron chi connectivity index (χ4n) is 1.07. The Morgan fingerprint density at radius 3 is 2.69 bits per heavy atom. The fourth-order valence-corrected chi connectivity index (χ4v) is 1.22. The highest BCUT2D eigenvalue weighted by molar-refractivity contribution is 7.18. The van der Waals surface area contributed by atoms with E-state index in [0.29, 0.717) is 5.56 Å². The maximum Gasteiger partial charge on any atom is 0.153 e. The van der Waals surface area contributed by atoms with Crippen molar-refractivity contribution in [3.8, 4) is 0 Å². The predicted molar refractivity (Wildman–Crippen MR) is 55.2 cm³/mol. The Morgan fingerprint density at radius 2 is 2.31 bits per heavy atom. The van der Waals surface area contributed by atoms with E-state index in [1.165, 1.54) is 0 Å². The number of nitrogens with zero attached hydrogens (tertiary/aromatic N) is 2. The molecule has 13 heavy (non-hydrogen) atoms. The molecule has 2 nitrogen and oxygen atoms in total. The molecule has 74 valence electrons. The first-order valence-electron chi connectivity index (χ1n) is 4.49. The molecule has 0 aliphatic rings. The van der Waals surface area contributed by atoms with E-state index in [0.717, 1.165) is 6.54 Å². The standard InChI is InChI=1S/C9H16FN2P/c1-4-12-6-8(5-11-12)9(10,13)7(2)3/h5-7H,4,13H2,1-3H3. The summed E-state index contributed by atoms with van der Waals surface area (Å²) in [4.78, 5) is 0. The molecule has 0 saturated heterocycles. The van der Waals surface area contributed by atoms with Crippen LogP contribution in [0.25, 0.3) is 0 Å². The maximum atomic E-state index is 14.0. The Labute approximate surface area is 80.7 Å². The van der Waals surface area contributed by atoms with Gasteiger partial charge in [-0.25, -0.2) is 4.39 Å². The minimum Gasteiger partial charge on any atom is -0.273 e. The van der Waals surface area contributed by atoms with E-state index < -0.39 is 5.41 Å². The third kappa shape index (κ3) is 2.08. The number of alkyl halides is 1. The van der Waals surface area contributed by atoms with Gasteiger partial charge in [0.15, 0.2) is 5.41 Å². The molecule has 0 saturated carbocycles. The van der Waals surface area contributed by atoms with Gasteiger partial charge in [-0.1, -0.05) is 23.1 Å². The molecule has 0 amide bonds. The lowest BCUT2D eigenvalue weighted by Gasteiger charge is -2.22. The zero-order valence-electron chi connectivity index (χ0n) is 8.29. The van der Waals surface area contributed by atoms with Crippen molar-refractivity contribution in [3.63, 3.8) is 0 Å². The van der Waals surface area contributed by atoms with Crippen molar-refractivity contribution in [2.24, 2.45) is 5.92 Å². The Kier molecular flexibility index (Phi) is 3.07. The van der Waals surface area contributed by atoms with Crippen LogP contribution in [0.5, 0.6) is 0 Å². The highest BCUT2D eigenvalue weighted by atomic mass is 31.0. The Morgan fingerprint density at radius 1 is 1.69 bits per heavy atom. The van der Waals surface area contributed by atoms with Gasteiger partial charge in [0, 0.05) is 18.3 Å². The molecule has 0 fully saturated rings. The quantitative estimate of drug-likeness (QED) is 0.689. The lowest BCUT2D eigenvalue weighted by molar-refractivity contribution is 0.214. The van der Waals surface area contributed by atoms with E-state index in [1.54, 1.807) is 17.1 Å². The molecule has 0 aromatic carbocycles. The van der Waals surface area contributed by atoms with Gasteiger partial charge < -0.3 is 0 Å². The first-order valence-corrected chi connectivity index (χ1v) is 5.07. The normalized spacial score (nSPS) is 16.2. The van der Waals surface area contributed by atoms with E-state index in [9.17, 15) is 4.39 Å². The Hall–Kier alpha value is -0.430. The zero-order valence-corrected chi connectivity index (χ0v) is 9.44. The largest absolute Gasteiger partial charge is 0.273 e. The van der Waals surface area contributed by atoms with E-state index in [1.807, 2.05) is 20.8 Å². The summed E-state index contributed by atoms with van der Waals surface area (Å²) in [5, 5.41) is 2.69. The van der Waals surface area contributed by atoms with Gasteiger partial charge in [0.1, 0.15) is 0 Å². The van der Waals surface area contributed by atoms with E-state index in [2.05, 4.69) is 14.3 Å². The van der Waals surface area contributed by atoms with Crippen LogP contribution in [-0.2, 0) is 12.0 Å². The number of hydrogen-bond donors (Lipinski definition) is 0. The topological polar surface area (TPSA) is 17.8 Å². The summed E-state index contributed by atoms with van der Waals surface area (Å²) in [6.45, 7) is 6.47. The summed E-state index contributed by atoms with van der Waals surface area (Å²) in [5.41, 5.74) is 0.634. The van der Waals surface area contributed by atoms with Crippen LogP contribution in [-0.4, -0.2) is 9.78 Å². The molecular weight excluding hydrogens is 186 g/mol. The molecule has 1 aromatic heterocycles. The summed E-state index contributed by atoms with van der Waals surface area (Å²) >= 11 is 0. The van der Waals surface area contributed by atoms with Gasteiger partial charge in [0.25, 0.3) is 0 Å². The number of aryl methyl sites for hydroxylation is 1. The van der Waals surface area contributed by atoms with Gasteiger partial charge in [-0.2, -0.15) is 5.10 Å². The Balaban J connectivity index is 2.93. The van der Waals surface area contributed by atoms with Crippen LogP contribution in [0, 0.1) is 5.92 Å². The zero-order chi connectivity index (χ0) is 10.1. The van der Waals surface area contributed by atoms with Gasteiger partial charge in [-0.15, -0.1) is 0 Å². The molecule has 1 rings (SSSR count). The predicted octanol–water partition coefficient (Wildman–Crippen LogP) is 2.56. The van der Waals surface area contributed by atoms with Crippen LogP contribution < -0.4 is 0 Å². The summed E-state index contributed by atoms with van der Waals surface area (Å²) in [6, 6.07) is 0. The van der Waals surface area contributed by atoms with Crippen molar-refractivity contribution < 1.29 is 4.39 Å². The van der Waals surface area contributed by atoms with Crippen molar-refractivity contribution >= 4 is 9.24 Å². The van der Waals surface area contributed by atoms with Gasteiger partial charge in [-0.3, -0.25) is 4.68 Å². The molecular formula is C9H16FN2P. The van der Waals surface area contributed by atoms with E-state index in [4.69, 9.17) is 0 Å². The van der Waals surface area contributed by atoms with E-state index in [-0.39, 0.29) is 5.92 Å². The van der Waals surface area contributed by atoms with Gasteiger partial charge in [0.2, 0.25) is 0 Å². The smallest absolute Gasteiger partial charge is 0.153 e. The van der Waals surface area contributed by atoms with Crippen molar-refractivity contribution in [3.05, 3.63) is 18.0 Å². The number of halogens is 1. The molecule has 0 spiro atoms. The minimum absolute atomic E-state index is 0.0630. The van der Waals surface area contributed by atoms with Crippen molar-refractivity contribution in [1.82, 2.24) is 9.78 Å². The van der Waals surface area contributed by atoms with Gasteiger partial charge in [-0.05, 0) is 12.8 Å². The molecule has 0 bridgehead atoms. The lowest BCUT2D eigenvalue weighted by Crippen LogP contribution is -2.17. The van der Waals surface area contributed by atoms with Crippen LogP contribution in [0.1, 0.15) is 26.3 Å². The van der Waals surface area contributed by atoms with Crippen molar-refractivity contribution in [2.45, 2.75) is 32.7 Å².